The standard InChI is InChI=1S/C4HBrN2S/c5-3-2-7-4(1-6)8-3/h2H. The lowest BCUT2D eigenvalue weighted by Crippen LogP contribution is -1.61. The maximum Gasteiger partial charge on any atom is 0.195 e. The molecule has 2 nitrogen and oxygen atoms in total. The van der Waals surface area contributed by atoms with Crippen molar-refractivity contribution in [3.8, 4) is 6.07 Å². The molecule has 0 saturated heterocycles. The van der Waals surface area contributed by atoms with Gasteiger partial charge in [0.15, 0.2) is 5.01 Å². The predicted octanol–water partition coefficient (Wildman–Crippen LogP) is 1.78. The molecule has 0 saturated carbocycles. The van der Waals surface area contributed by atoms with E-state index in [1.54, 1.807) is 6.20 Å². The highest BCUT2D eigenvalue weighted by Crippen LogP contribution is 2.17. The van der Waals surface area contributed by atoms with E-state index in [0.717, 1.165) is 3.79 Å². The molecule has 4 heteroatoms. The van der Waals surface area contributed by atoms with Gasteiger partial charge in [-0.3, -0.25) is 0 Å². The van der Waals surface area contributed by atoms with Crippen molar-refractivity contribution in [2.45, 2.75) is 0 Å². The Morgan fingerprint density at radius 3 is 2.88 bits per heavy atom. The molecule has 0 amide bonds. The minimum atomic E-state index is 0.497. The van der Waals surface area contributed by atoms with Crippen molar-refractivity contribution < 1.29 is 0 Å². The lowest BCUT2D eigenvalue weighted by molar-refractivity contribution is 1.35. The second-order valence-corrected chi connectivity index (χ2v) is 3.49. The van der Waals surface area contributed by atoms with Crippen molar-refractivity contribution in [3.05, 3.63) is 15.0 Å². The molecule has 0 aliphatic rings. The van der Waals surface area contributed by atoms with Gasteiger partial charge in [0.25, 0.3) is 0 Å². The van der Waals surface area contributed by atoms with Crippen molar-refractivity contribution in [2.75, 3.05) is 0 Å². The van der Waals surface area contributed by atoms with Crippen molar-refractivity contribution >= 4 is 27.3 Å². The summed E-state index contributed by atoms with van der Waals surface area (Å²) in [6.07, 6.45) is 1.61. The lowest BCUT2D eigenvalue weighted by atomic mass is 10.8. The van der Waals surface area contributed by atoms with Crippen LogP contribution in [0.15, 0.2) is 9.98 Å². The maximum absolute atomic E-state index is 8.23. The summed E-state index contributed by atoms with van der Waals surface area (Å²) in [6, 6.07) is 1.93. The highest BCUT2D eigenvalue weighted by molar-refractivity contribution is 9.11. The molecule has 1 heterocycles. The predicted molar refractivity (Wildman–Crippen MR) is 34.5 cm³/mol. The van der Waals surface area contributed by atoms with Gasteiger partial charge in [-0.25, -0.2) is 4.98 Å². The van der Waals surface area contributed by atoms with Crippen LogP contribution < -0.4 is 0 Å². The van der Waals surface area contributed by atoms with E-state index < -0.39 is 0 Å². The number of halogens is 1. The van der Waals surface area contributed by atoms with Crippen molar-refractivity contribution in [2.24, 2.45) is 0 Å². The zero-order valence-corrected chi connectivity index (χ0v) is 6.16. The first kappa shape index (κ1) is 5.73. The van der Waals surface area contributed by atoms with Gasteiger partial charge >= 0.3 is 0 Å². The van der Waals surface area contributed by atoms with Gasteiger partial charge in [-0.15, -0.1) is 0 Å². The van der Waals surface area contributed by atoms with Crippen LogP contribution in [0, 0.1) is 11.3 Å². The Morgan fingerprint density at radius 2 is 2.62 bits per heavy atom. The number of nitrogens with zero attached hydrogens (tertiary/aromatic N) is 2. The average molecular weight is 189 g/mol. The molecule has 0 bridgehead atoms. The minimum absolute atomic E-state index is 0.497. The molecule has 0 aromatic carbocycles. The number of hydrogen-bond acceptors (Lipinski definition) is 3. The molecule has 0 radical (unpaired) electrons. The number of rotatable bonds is 0. The smallest absolute Gasteiger partial charge is 0.195 e. The summed E-state index contributed by atoms with van der Waals surface area (Å²) in [5.74, 6) is 0. The Hall–Kier alpha value is -0.400. The van der Waals surface area contributed by atoms with Crippen LogP contribution in [0.3, 0.4) is 0 Å². The molecule has 0 aliphatic carbocycles. The fourth-order valence-electron chi connectivity index (χ4n) is 0.306. The fourth-order valence-corrected chi connectivity index (χ4v) is 1.31. The molecular weight excluding hydrogens is 188 g/mol. The highest BCUT2D eigenvalue weighted by atomic mass is 79.9. The Bertz CT molecular complexity index is 224. The van der Waals surface area contributed by atoms with E-state index >= 15 is 0 Å². The topological polar surface area (TPSA) is 36.7 Å². The molecule has 1 aromatic heterocycles. The highest BCUT2D eigenvalue weighted by Gasteiger charge is 1.93. The van der Waals surface area contributed by atoms with Gasteiger partial charge in [-0.1, -0.05) is 11.3 Å². The van der Waals surface area contributed by atoms with E-state index in [0.29, 0.717) is 5.01 Å². The van der Waals surface area contributed by atoms with E-state index in [1.807, 2.05) is 6.07 Å². The summed E-state index contributed by atoms with van der Waals surface area (Å²) in [5, 5.41) is 8.73. The normalized spacial score (nSPS) is 8.50. The van der Waals surface area contributed by atoms with E-state index in [-0.39, 0.29) is 0 Å². The zero-order valence-electron chi connectivity index (χ0n) is 3.76. The number of aromatic nitrogens is 1. The maximum atomic E-state index is 8.23. The van der Waals surface area contributed by atoms with Gasteiger partial charge < -0.3 is 0 Å². The summed E-state index contributed by atoms with van der Waals surface area (Å²) >= 11 is 4.51. The Morgan fingerprint density at radius 1 is 1.88 bits per heavy atom. The fraction of sp³-hybridized carbons (Fsp3) is 0. The van der Waals surface area contributed by atoms with Crippen molar-refractivity contribution in [1.29, 1.82) is 5.26 Å². The zero-order chi connectivity index (χ0) is 5.98. The first-order chi connectivity index (χ1) is 3.83. The van der Waals surface area contributed by atoms with Crippen LogP contribution in [0.1, 0.15) is 5.01 Å². The van der Waals surface area contributed by atoms with Crippen molar-refractivity contribution in [3.63, 3.8) is 0 Å². The first-order valence-electron chi connectivity index (χ1n) is 1.84. The van der Waals surface area contributed by atoms with Crippen LogP contribution in [0.5, 0.6) is 0 Å². The molecule has 0 atom stereocenters. The Kier molecular flexibility index (Phi) is 1.61. The molecule has 0 fully saturated rings. The minimum Gasteiger partial charge on any atom is -0.233 e. The third kappa shape index (κ3) is 1.05. The van der Waals surface area contributed by atoms with Crippen LogP contribution in [0.4, 0.5) is 0 Å². The van der Waals surface area contributed by atoms with E-state index in [4.69, 9.17) is 5.26 Å². The molecule has 1 aromatic rings. The monoisotopic (exact) mass is 188 g/mol. The molecule has 8 heavy (non-hydrogen) atoms. The van der Waals surface area contributed by atoms with E-state index in [9.17, 15) is 0 Å². The second-order valence-electron chi connectivity index (χ2n) is 1.08. The summed E-state index contributed by atoms with van der Waals surface area (Å²) in [5.41, 5.74) is 0. The SMILES string of the molecule is N#Cc1ncc(Br)s1. The van der Waals surface area contributed by atoms with Crippen LogP contribution in [0.25, 0.3) is 0 Å². The molecule has 0 aliphatic heterocycles. The molecular formula is C4HBrN2S. The molecule has 0 unspecified atom stereocenters. The number of nitriles is 1. The van der Waals surface area contributed by atoms with Gasteiger partial charge in [0, 0.05) is 0 Å². The molecule has 40 valence electrons. The average Bonchev–Trinajstić information content (AvgIpc) is 2.14. The summed E-state index contributed by atoms with van der Waals surface area (Å²) in [6.45, 7) is 0. The number of hydrogen-bond donors (Lipinski definition) is 0. The number of thiazole rings is 1. The molecule has 1 rings (SSSR count). The van der Waals surface area contributed by atoms with E-state index in [2.05, 4.69) is 20.9 Å². The summed E-state index contributed by atoms with van der Waals surface area (Å²) in [7, 11) is 0. The van der Waals surface area contributed by atoms with Crippen LogP contribution in [-0.2, 0) is 0 Å². The lowest BCUT2D eigenvalue weighted by Gasteiger charge is -1.64. The van der Waals surface area contributed by atoms with Gasteiger partial charge in [0.1, 0.15) is 6.07 Å². The van der Waals surface area contributed by atoms with E-state index in [1.165, 1.54) is 11.3 Å². The molecule has 0 spiro atoms. The van der Waals surface area contributed by atoms with Gasteiger partial charge in [-0.05, 0) is 15.9 Å². The van der Waals surface area contributed by atoms with Crippen LogP contribution in [-0.4, -0.2) is 4.98 Å². The Labute approximate surface area is 58.9 Å². The molecule has 0 N–H and O–H groups in total. The first-order valence-corrected chi connectivity index (χ1v) is 3.45. The van der Waals surface area contributed by atoms with Gasteiger partial charge in [-0.2, -0.15) is 5.26 Å². The summed E-state index contributed by atoms with van der Waals surface area (Å²) in [4.78, 5) is 3.74. The van der Waals surface area contributed by atoms with Crippen LogP contribution >= 0.6 is 27.3 Å². The largest absolute Gasteiger partial charge is 0.233 e. The third-order valence-electron chi connectivity index (χ3n) is 0.573. The Balaban J connectivity index is 3.05. The summed E-state index contributed by atoms with van der Waals surface area (Å²) < 4.78 is 0.897. The van der Waals surface area contributed by atoms with Crippen LogP contribution in [0.2, 0.25) is 0 Å². The van der Waals surface area contributed by atoms with Gasteiger partial charge in [0.05, 0.1) is 9.98 Å². The third-order valence-corrected chi connectivity index (χ3v) is 1.95. The van der Waals surface area contributed by atoms with Crippen molar-refractivity contribution in [1.82, 2.24) is 4.98 Å². The second kappa shape index (κ2) is 2.25. The van der Waals surface area contributed by atoms with Gasteiger partial charge in [0.2, 0.25) is 0 Å². The quantitative estimate of drug-likeness (QED) is 0.623.